The Morgan fingerprint density at radius 1 is 1.31 bits per heavy atom. The van der Waals surface area contributed by atoms with Crippen molar-refractivity contribution in [3.8, 4) is 0 Å². The van der Waals surface area contributed by atoms with Crippen molar-refractivity contribution in [1.82, 2.24) is 0 Å². The van der Waals surface area contributed by atoms with E-state index >= 15 is 0 Å². The number of thiol groups is 1. The molecule has 13 heavy (non-hydrogen) atoms. The molecule has 0 spiro atoms. The fourth-order valence-electron chi connectivity index (χ4n) is 0.931. The van der Waals surface area contributed by atoms with Crippen LogP contribution < -0.4 is 5.73 Å². The van der Waals surface area contributed by atoms with Crippen LogP contribution in [0.2, 0.25) is 0 Å². The number of hydrogen-bond donors (Lipinski definition) is 2. The Hall–Kier alpha value is -0.840. The molecule has 0 unspecified atom stereocenters. The molecule has 1 rings (SSSR count). The van der Waals surface area contributed by atoms with Crippen LogP contribution in [0, 0.1) is 0 Å². The van der Waals surface area contributed by atoms with Crippen molar-refractivity contribution >= 4 is 18.3 Å². The molecular formula is C8H8F3NS. The molecule has 0 bridgehead atoms. The first-order valence-corrected chi connectivity index (χ1v) is 3.97. The Kier molecular flexibility index (Phi) is 2.75. The number of alkyl halides is 3. The van der Waals surface area contributed by atoms with Gasteiger partial charge in [-0.25, -0.2) is 0 Å². The fraction of sp³-hybridized carbons (Fsp3) is 0.250. The Labute approximate surface area is 79.2 Å². The van der Waals surface area contributed by atoms with E-state index in [0.717, 1.165) is 0 Å². The van der Waals surface area contributed by atoms with E-state index in [9.17, 15) is 13.2 Å². The lowest BCUT2D eigenvalue weighted by Gasteiger charge is -2.07. The quantitative estimate of drug-likeness (QED) is 0.537. The fourth-order valence-corrected chi connectivity index (χ4v) is 1.17. The van der Waals surface area contributed by atoms with Crippen LogP contribution in [0.25, 0.3) is 0 Å². The van der Waals surface area contributed by atoms with Crippen LogP contribution in [0.3, 0.4) is 0 Å². The van der Waals surface area contributed by atoms with Gasteiger partial charge < -0.3 is 5.73 Å². The standard InChI is InChI=1S/C8H8F3NS/c9-8(10,11)4-5-1-2-6(12)7(13)3-5/h1-3,13H,4,12H2. The summed E-state index contributed by atoms with van der Waals surface area (Å²) >= 11 is 3.92. The van der Waals surface area contributed by atoms with Crippen molar-refractivity contribution in [2.75, 3.05) is 5.73 Å². The summed E-state index contributed by atoms with van der Waals surface area (Å²) < 4.78 is 35.8. The lowest BCUT2D eigenvalue weighted by atomic mass is 10.1. The Balaban J connectivity index is 2.86. The molecule has 1 aromatic rings. The molecule has 0 saturated heterocycles. The van der Waals surface area contributed by atoms with Crippen molar-refractivity contribution in [2.24, 2.45) is 0 Å². The van der Waals surface area contributed by atoms with Crippen LogP contribution in [0.4, 0.5) is 18.9 Å². The number of halogens is 3. The first-order chi connectivity index (χ1) is 5.88. The molecule has 2 N–H and O–H groups in total. The second-order valence-corrected chi connectivity index (χ2v) is 3.17. The summed E-state index contributed by atoms with van der Waals surface area (Å²) in [6, 6.07) is 4.10. The number of benzene rings is 1. The normalized spacial score (nSPS) is 11.7. The topological polar surface area (TPSA) is 26.0 Å². The highest BCUT2D eigenvalue weighted by Gasteiger charge is 2.27. The van der Waals surface area contributed by atoms with Gasteiger partial charge in [-0.05, 0) is 17.7 Å². The SMILES string of the molecule is Nc1ccc(CC(F)(F)F)cc1S. The van der Waals surface area contributed by atoms with Crippen LogP contribution in [0.5, 0.6) is 0 Å². The largest absolute Gasteiger partial charge is 0.398 e. The summed E-state index contributed by atoms with van der Waals surface area (Å²) in [7, 11) is 0. The third-order valence-corrected chi connectivity index (χ3v) is 1.89. The zero-order valence-electron chi connectivity index (χ0n) is 6.60. The zero-order valence-corrected chi connectivity index (χ0v) is 7.49. The van der Waals surface area contributed by atoms with Gasteiger partial charge in [-0.2, -0.15) is 13.2 Å². The lowest BCUT2D eigenvalue weighted by molar-refractivity contribution is -0.127. The van der Waals surface area contributed by atoms with E-state index in [-0.39, 0.29) is 5.56 Å². The molecule has 0 aliphatic rings. The Bertz CT molecular complexity index is 309. The number of nitrogens with two attached hydrogens (primary N) is 1. The molecule has 0 saturated carbocycles. The Morgan fingerprint density at radius 2 is 1.92 bits per heavy atom. The molecule has 1 nitrogen and oxygen atoms in total. The summed E-state index contributed by atoms with van der Waals surface area (Å²) in [6.45, 7) is 0. The molecular weight excluding hydrogens is 199 g/mol. The van der Waals surface area contributed by atoms with Gasteiger partial charge in [-0.1, -0.05) is 6.07 Å². The predicted octanol–water partition coefficient (Wildman–Crippen LogP) is 2.66. The number of anilines is 1. The van der Waals surface area contributed by atoms with E-state index in [1.165, 1.54) is 18.2 Å². The smallest absolute Gasteiger partial charge is 0.393 e. The first kappa shape index (κ1) is 10.2. The molecule has 0 heterocycles. The van der Waals surface area contributed by atoms with Gasteiger partial charge in [0.05, 0.1) is 6.42 Å². The van der Waals surface area contributed by atoms with Crippen molar-refractivity contribution in [2.45, 2.75) is 17.5 Å². The molecule has 0 aliphatic heterocycles. The van der Waals surface area contributed by atoms with Gasteiger partial charge in [-0.3, -0.25) is 0 Å². The molecule has 1 aromatic carbocycles. The minimum atomic E-state index is -4.18. The second kappa shape index (κ2) is 3.49. The summed E-state index contributed by atoms with van der Waals surface area (Å²) in [5.41, 5.74) is 5.95. The summed E-state index contributed by atoms with van der Waals surface area (Å²) in [5, 5.41) is 0. The maximum absolute atomic E-state index is 11.9. The van der Waals surface area contributed by atoms with Crippen molar-refractivity contribution in [3.05, 3.63) is 23.8 Å². The van der Waals surface area contributed by atoms with Crippen LogP contribution in [0.15, 0.2) is 23.1 Å². The average molecular weight is 207 g/mol. The van der Waals surface area contributed by atoms with Crippen molar-refractivity contribution in [1.29, 1.82) is 0 Å². The van der Waals surface area contributed by atoms with Crippen molar-refractivity contribution < 1.29 is 13.2 Å². The van der Waals surface area contributed by atoms with Gasteiger partial charge in [0.15, 0.2) is 0 Å². The monoisotopic (exact) mass is 207 g/mol. The van der Waals surface area contributed by atoms with E-state index in [1.807, 2.05) is 0 Å². The van der Waals surface area contributed by atoms with Crippen LogP contribution in [-0.4, -0.2) is 6.18 Å². The molecule has 0 aromatic heterocycles. The second-order valence-electron chi connectivity index (χ2n) is 2.69. The van der Waals surface area contributed by atoms with Gasteiger partial charge >= 0.3 is 6.18 Å². The van der Waals surface area contributed by atoms with E-state index in [2.05, 4.69) is 12.6 Å². The summed E-state index contributed by atoms with van der Waals surface area (Å²) in [4.78, 5) is 0.377. The average Bonchev–Trinajstić information content (AvgIpc) is 1.94. The van der Waals surface area contributed by atoms with Gasteiger partial charge in [0.1, 0.15) is 0 Å². The minimum absolute atomic E-state index is 0.173. The van der Waals surface area contributed by atoms with Gasteiger partial charge in [0.25, 0.3) is 0 Å². The number of nitrogen functional groups attached to an aromatic ring is 1. The Morgan fingerprint density at radius 3 is 2.38 bits per heavy atom. The van der Waals surface area contributed by atoms with Crippen LogP contribution >= 0.6 is 12.6 Å². The van der Waals surface area contributed by atoms with Gasteiger partial charge in [0.2, 0.25) is 0 Å². The van der Waals surface area contributed by atoms with E-state index in [0.29, 0.717) is 10.6 Å². The van der Waals surface area contributed by atoms with Gasteiger partial charge in [0, 0.05) is 10.6 Å². The lowest BCUT2D eigenvalue weighted by Crippen LogP contribution is -2.11. The third kappa shape index (κ3) is 3.18. The zero-order chi connectivity index (χ0) is 10.1. The van der Waals surface area contributed by atoms with Gasteiger partial charge in [-0.15, -0.1) is 12.6 Å². The minimum Gasteiger partial charge on any atom is -0.398 e. The highest BCUT2D eigenvalue weighted by atomic mass is 32.1. The highest BCUT2D eigenvalue weighted by molar-refractivity contribution is 7.80. The molecule has 0 atom stereocenters. The maximum Gasteiger partial charge on any atom is 0.393 e. The molecule has 0 aliphatic carbocycles. The molecule has 0 amide bonds. The summed E-state index contributed by atoms with van der Waals surface area (Å²) in [5.74, 6) is 0. The van der Waals surface area contributed by atoms with Crippen LogP contribution in [-0.2, 0) is 6.42 Å². The van der Waals surface area contributed by atoms with E-state index in [1.54, 1.807) is 0 Å². The van der Waals surface area contributed by atoms with E-state index in [4.69, 9.17) is 5.73 Å². The molecule has 0 radical (unpaired) electrons. The number of rotatable bonds is 1. The van der Waals surface area contributed by atoms with E-state index < -0.39 is 12.6 Å². The molecule has 72 valence electrons. The predicted molar refractivity (Wildman–Crippen MR) is 47.9 cm³/mol. The molecule has 5 heteroatoms. The highest BCUT2D eigenvalue weighted by Crippen LogP contribution is 2.24. The van der Waals surface area contributed by atoms with Crippen LogP contribution in [0.1, 0.15) is 5.56 Å². The molecule has 0 fully saturated rings. The maximum atomic E-state index is 11.9. The van der Waals surface area contributed by atoms with Crippen molar-refractivity contribution in [3.63, 3.8) is 0 Å². The number of hydrogen-bond acceptors (Lipinski definition) is 2. The third-order valence-electron chi connectivity index (χ3n) is 1.50. The first-order valence-electron chi connectivity index (χ1n) is 3.52. The summed E-state index contributed by atoms with van der Waals surface area (Å²) in [6.07, 6.45) is -5.13.